The van der Waals surface area contributed by atoms with Crippen molar-refractivity contribution in [1.29, 1.82) is 0 Å². The number of halogens is 1. The van der Waals surface area contributed by atoms with Crippen LogP contribution >= 0.6 is 11.6 Å². The van der Waals surface area contributed by atoms with Gasteiger partial charge < -0.3 is 9.47 Å². The largest absolute Gasteiger partial charge is 0.493 e. The molecule has 6 nitrogen and oxygen atoms in total. The van der Waals surface area contributed by atoms with E-state index >= 15 is 0 Å². The molecule has 0 radical (unpaired) electrons. The van der Waals surface area contributed by atoms with Gasteiger partial charge in [-0.3, -0.25) is 0 Å². The van der Waals surface area contributed by atoms with E-state index in [9.17, 15) is 8.42 Å². The molecule has 23 heavy (non-hydrogen) atoms. The number of nitrogens with zero attached hydrogens (tertiary/aromatic N) is 1. The second-order valence-electron chi connectivity index (χ2n) is 4.39. The van der Waals surface area contributed by atoms with Crippen molar-refractivity contribution in [2.24, 2.45) is 5.10 Å². The molecule has 1 N–H and O–H groups in total. The normalized spacial score (nSPS) is 11.4. The molecule has 122 valence electrons. The number of benzene rings is 2. The molecule has 2 aromatic carbocycles. The number of hydrazone groups is 1. The summed E-state index contributed by atoms with van der Waals surface area (Å²) < 4.78 is 34.3. The second kappa shape index (κ2) is 7.34. The number of hydrogen-bond donors (Lipinski definition) is 1. The van der Waals surface area contributed by atoms with Crippen LogP contribution in [0.25, 0.3) is 0 Å². The van der Waals surface area contributed by atoms with Gasteiger partial charge in [-0.05, 0) is 18.2 Å². The third-order valence-electron chi connectivity index (χ3n) is 2.93. The molecule has 0 atom stereocenters. The van der Waals surface area contributed by atoms with E-state index in [1.807, 2.05) is 0 Å². The quantitative estimate of drug-likeness (QED) is 0.639. The molecule has 0 saturated heterocycles. The standard InChI is InChI=1S/C15H15ClN2O4S/c1-21-14-8-11(13(16)9-15(14)22-2)10-17-18-23(19,20)12-6-4-3-5-7-12/h3-10,18H,1-2H3/b17-10+. The van der Waals surface area contributed by atoms with Crippen molar-refractivity contribution in [2.45, 2.75) is 4.90 Å². The van der Waals surface area contributed by atoms with Crippen LogP contribution in [-0.4, -0.2) is 28.9 Å². The highest BCUT2D eigenvalue weighted by Gasteiger charge is 2.12. The molecule has 0 unspecified atom stereocenters. The Balaban J connectivity index is 2.21. The van der Waals surface area contributed by atoms with Gasteiger partial charge in [0.2, 0.25) is 0 Å². The molecule has 0 bridgehead atoms. The first-order valence-corrected chi connectivity index (χ1v) is 8.35. The zero-order valence-electron chi connectivity index (χ0n) is 12.5. The Labute approximate surface area is 139 Å². The zero-order chi connectivity index (χ0) is 16.9. The molecule has 8 heteroatoms. The number of sulfonamides is 1. The van der Waals surface area contributed by atoms with Gasteiger partial charge in [0.05, 0.1) is 30.4 Å². The minimum atomic E-state index is -3.72. The Morgan fingerprint density at radius 3 is 2.30 bits per heavy atom. The van der Waals surface area contributed by atoms with Gasteiger partial charge in [-0.2, -0.15) is 13.5 Å². The van der Waals surface area contributed by atoms with E-state index in [1.54, 1.807) is 30.3 Å². The molecule has 0 aliphatic heterocycles. The molecule has 2 rings (SSSR count). The number of hydrogen-bond acceptors (Lipinski definition) is 5. The monoisotopic (exact) mass is 354 g/mol. The van der Waals surface area contributed by atoms with E-state index in [-0.39, 0.29) is 4.90 Å². The summed E-state index contributed by atoms with van der Waals surface area (Å²) in [5.74, 6) is 0.934. The summed E-state index contributed by atoms with van der Waals surface area (Å²) in [7, 11) is -0.732. The third-order valence-corrected chi connectivity index (χ3v) is 4.50. The smallest absolute Gasteiger partial charge is 0.276 e. The van der Waals surface area contributed by atoms with Crippen LogP contribution < -0.4 is 14.3 Å². The van der Waals surface area contributed by atoms with Crippen LogP contribution in [0.3, 0.4) is 0 Å². The Hall–Kier alpha value is -2.25. The fourth-order valence-corrected chi connectivity index (χ4v) is 2.80. The van der Waals surface area contributed by atoms with E-state index in [0.29, 0.717) is 22.1 Å². The Morgan fingerprint density at radius 2 is 1.70 bits per heavy atom. The van der Waals surface area contributed by atoms with Crippen molar-refractivity contribution in [1.82, 2.24) is 4.83 Å². The number of ether oxygens (including phenoxy) is 2. The van der Waals surface area contributed by atoms with Crippen molar-refractivity contribution in [2.75, 3.05) is 14.2 Å². The highest BCUT2D eigenvalue weighted by molar-refractivity contribution is 7.89. The van der Waals surface area contributed by atoms with Crippen molar-refractivity contribution in [3.05, 3.63) is 53.1 Å². The molecule has 0 aromatic heterocycles. The molecule has 0 amide bonds. The molecular formula is C15H15ClN2O4S. The van der Waals surface area contributed by atoms with Crippen LogP contribution in [-0.2, 0) is 10.0 Å². The average molecular weight is 355 g/mol. The van der Waals surface area contributed by atoms with E-state index in [4.69, 9.17) is 21.1 Å². The first kappa shape index (κ1) is 17.1. The van der Waals surface area contributed by atoms with Gasteiger partial charge in [-0.15, -0.1) is 0 Å². The Kier molecular flexibility index (Phi) is 5.46. The summed E-state index contributed by atoms with van der Waals surface area (Å²) in [4.78, 5) is 2.25. The van der Waals surface area contributed by atoms with Gasteiger partial charge in [0.25, 0.3) is 10.0 Å². The molecule has 2 aromatic rings. The van der Waals surface area contributed by atoms with Gasteiger partial charge in [-0.25, -0.2) is 4.83 Å². The van der Waals surface area contributed by atoms with Gasteiger partial charge in [0.15, 0.2) is 11.5 Å². The lowest BCUT2D eigenvalue weighted by Gasteiger charge is -2.09. The number of rotatable bonds is 6. The van der Waals surface area contributed by atoms with Crippen LogP contribution in [0.5, 0.6) is 11.5 Å². The lowest BCUT2D eigenvalue weighted by atomic mass is 10.2. The lowest BCUT2D eigenvalue weighted by Crippen LogP contribution is -2.18. The summed E-state index contributed by atoms with van der Waals surface area (Å²) in [6, 6.07) is 11.1. The van der Waals surface area contributed by atoms with Crippen LogP contribution in [0.15, 0.2) is 52.5 Å². The van der Waals surface area contributed by atoms with Crippen LogP contribution in [0.1, 0.15) is 5.56 Å². The number of nitrogens with one attached hydrogen (secondary N) is 1. The molecule has 0 fully saturated rings. The maximum Gasteiger partial charge on any atom is 0.276 e. The average Bonchev–Trinajstić information content (AvgIpc) is 2.56. The highest BCUT2D eigenvalue weighted by Crippen LogP contribution is 2.32. The van der Waals surface area contributed by atoms with Crippen LogP contribution in [0, 0.1) is 0 Å². The zero-order valence-corrected chi connectivity index (χ0v) is 14.1. The fraction of sp³-hybridized carbons (Fsp3) is 0.133. The topological polar surface area (TPSA) is 77.0 Å². The first-order chi connectivity index (χ1) is 11.0. The van der Waals surface area contributed by atoms with E-state index in [1.165, 1.54) is 32.6 Å². The maximum atomic E-state index is 12.0. The minimum Gasteiger partial charge on any atom is -0.493 e. The summed E-state index contributed by atoms with van der Waals surface area (Å²) >= 11 is 6.10. The third kappa shape index (κ3) is 4.14. The molecule has 0 saturated carbocycles. The maximum absolute atomic E-state index is 12.0. The molecule has 0 heterocycles. The van der Waals surface area contributed by atoms with Gasteiger partial charge >= 0.3 is 0 Å². The van der Waals surface area contributed by atoms with E-state index in [0.717, 1.165) is 0 Å². The summed E-state index contributed by atoms with van der Waals surface area (Å²) in [6.07, 6.45) is 1.30. The Morgan fingerprint density at radius 1 is 1.09 bits per heavy atom. The van der Waals surface area contributed by atoms with E-state index in [2.05, 4.69) is 9.93 Å². The molecular weight excluding hydrogens is 340 g/mol. The minimum absolute atomic E-state index is 0.121. The summed E-state index contributed by atoms with van der Waals surface area (Å²) in [5.41, 5.74) is 0.486. The second-order valence-corrected chi connectivity index (χ2v) is 6.46. The van der Waals surface area contributed by atoms with Crippen molar-refractivity contribution >= 4 is 27.8 Å². The van der Waals surface area contributed by atoms with Crippen molar-refractivity contribution in [3.63, 3.8) is 0 Å². The molecule has 0 spiro atoms. The van der Waals surface area contributed by atoms with E-state index < -0.39 is 10.0 Å². The highest BCUT2D eigenvalue weighted by atomic mass is 35.5. The SMILES string of the molecule is COc1cc(Cl)c(/C=N/NS(=O)(=O)c2ccccc2)cc1OC. The fourth-order valence-electron chi connectivity index (χ4n) is 1.79. The van der Waals surface area contributed by atoms with Crippen molar-refractivity contribution < 1.29 is 17.9 Å². The predicted octanol–water partition coefficient (Wildman–Crippen LogP) is 2.67. The lowest BCUT2D eigenvalue weighted by molar-refractivity contribution is 0.355. The van der Waals surface area contributed by atoms with Gasteiger partial charge in [-0.1, -0.05) is 29.8 Å². The first-order valence-electron chi connectivity index (χ1n) is 6.49. The van der Waals surface area contributed by atoms with Crippen LogP contribution in [0.2, 0.25) is 5.02 Å². The van der Waals surface area contributed by atoms with Crippen molar-refractivity contribution in [3.8, 4) is 11.5 Å². The van der Waals surface area contributed by atoms with Crippen LogP contribution in [0.4, 0.5) is 0 Å². The predicted molar refractivity (Wildman–Crippen MR) is 88.9 cm³/mol. The summed E-state index contributed by atoms with van der Waals surface area (Å²) in [6.45, 7) is 0. The molecule has 0 aliphatic carbocycles. The summed E-state index contributed by atoms with van der Waals surface area (Å²) in [5, 5.41) is 4.09. The number of methoxy groups -OCH3 is 2. The van der Waals surface area contributed by atoms with Gasteiger partial charge in [0.1, 0.15) is 0 Å². The Bertz CT molecular complexity index is 808. The molecule has 0 aliphatic rings. The van der Waals surface area contributed by atoms with Gasteiger partial charge in [0, 0.05) is 11.6 Å².